The minimum absolute atomic E-state index is 0.0828. The van der Waals surface area contributed by atoms with Gasteiger partial charge in [-0.05, 0) is 62.6 Å². The average molecular weight is 727 g/mol. The topological polar surface area (TPSA) is 155 Å². The van der Waals surface area contributed by atoms with Crippen molar-refractivity contribution < 1.29 is 34.1 Å². The van der Waals surface area contributed by atoms with Crippen LogP contribution in [-0.4, -0.2) is 125 Å². The minimum Gasteiger partial charge on any atom is -0.388 e. The summed E-state index contributed by atoms with van der Waals surface area (Å²) in [5.41, 5.74) is -0.931. The van der Waals surface area contributed by atoms with Crippen LogP contribution in [0.3, 0.4) is 0 Å². The Morgan fingerprint density at radius 2 is 1.19 bits per heavy atom. The molecule has 4 amide bonds. The van der Waals surface area contributed by atoms with Crippen LogP contribution < -0.4 is 10.6 Å². The third-order valence-corrected chi connectivity index (χ3v) is 19.6. The van der Waals surface area contributed by atoms with Crippen molar-refractivity contribution in [3.8, 4) is 0 Å². The van der Waals surface area contributed by atoms with Crippen molar-refractivity contribution in [3.63, 3.8) is 0 Å². The van der Waals surface area contributed by atoms with Crippen LogP contribution >= 0.6 is 43.2 Å². The summed E-state index contributed by atoms with van der Waals surface area (Å²) in [4.78, 5) is 58.5. The van der Waals surface area contributed by atoms with Crippen LogP contribution in [0.4, 0.5) is 11.4 Å². The van der Waals surface area contributed by atoms with E-state index in [0.29, 0.717) is 22.5 Å². The fourth-order valence-corrected chi connectivity index (χ4v) is 17.4. The Balaban J connectivity index is 1.33. The zero-order chi connectivity index (χ0) is 33.6. The van der Waals surface area contributed by atoms with Crippen LogP contribution in [0.15, 0.2) is 48.5 Å². The van der Waals surface area contributed by atoms with E-state index in [1.165, 1.54) is 48.3 Å². The molecule has 8 saturated heterocycles. The number of rotatable bonds is 3. The van der Waals surface area contributed by atoms with Crippen LogP contribution in [-0.2, 0) is 34.7 Å². The molecule has 0 aromatic heterocycles. The fourth-order valence-electron chi connectivity index (χ4n) is 10.1. The monoisotopic (exact) mass is 726 g/mol. The van der Waals surface area contributed by atoms with Gasteiger partial charge in [-0.3, -0.25) is 29.0 Å². The van der Waals surface area contributed by atoms with Gasteiger partial charge in [-0.15, -0.1) is 0 Å². The number of amides is 4. The first-order valence-corrected chi connectivity index (χ1v) is 19.7. The molecule has 10 atom stereocenters. The molecular weight excluding hydrogens is 697 g/mol. The van der Waals surface area contributed by atoms with Crippen molar-refractivity contribution in [3.05, 3.63) is 59.7 Å². The van der Waals surface area contributed by atoms with E-state index in [2.05, 4.69) is 10.6 Å². The lowest BCUT2D eigenvalue weighted by molar-refractivity contribution is -0.170. The van der Waals surface area contributed by atoms with Gasteiger partial charge in [-0.1, -0.05) is 47.2 Å². The zero-order valence-corrected chi connectivity index (χ0v) is 29.3. The Morgan fingerprint density at radius 3 is 1.73 bits per heavy atom. The van der Waals surface area contributed by atoms with Gasteiger partial charge in [-0.25, -0.2) is 0 Å². The van der Waals surface area contributed by atoms with Crippen LogP contribution in [0.25, 0.3) is 0 Å². The highest BCUT2D eigenvalue weighted by Gasteiger charge is 2.93. The van der Waals surface area contributed by atoms with E-state index < -0.39 is 72.6 Å². The van der Waals surface area contributed by atoms with Gasteiger partial charge < -0.3 is 35.4 Å². The van der Waals surface area contributed by atoms with E-state index in [-0.39, 0.29) is 12.5 Å². The van der Waals surface area contributed by atoms with E-state index >= 15 is 0 Å². The van der Waals surface area contributed by atoms with Crippen molar-refractivity contribution in [2.24, 2.45) is 0 Å². The molecule has 2 aromatic rings. The van der Waals surface area contributed by atoms with Gasteiger partial charge in [0.2, 0.25) is 14.6 Å². The molecule has 10 aliphatic rings. The summed E-state index contributed by atoms with van der Waals surface area (Å²) in [6.45, 7) is 1.62. The van der Waals surface area contributed by atoms with E-state index in [1.54, 1.807) is 21.0 Å². The zero-order valence-electron chi connectivity index (χ0n) is 26.0. The molecule has 4 bridgehead atoms. The predicted molar refractivity (Wildman–Crippen MR) is 181 cm³/mol. The van der Waals surface area contributed by atoms with Crippen LogP contribution in [0.5, 0.6) is 0 Å². The Hall–Kier alpha value is -2.80. The molecule has 0 radical (unpaired) electrons. The molecule has 4 unspecified atom stereocenters. The van der Waals surface area contributed by atoms with E-state index in [4.69, 9.17) is 4.74 Å². The van der Waals surface area contributed by atoms with Crippen molar-refractivity contribution >= 4 is 78.2 Å². The second kappa shape index (κ2) is 8.73. The third kappa shape index (κ3) is 2.54. The number of benzene rings is 2. The number of para-hydroxylation sites is 2. The number of nitrogens with one attached hydrogen (secondary N) is 2. The molecule has 0 aliphatic carbocycles. The average Bonchev–Trinajstić information content (AvgIpc) is 3.73. The lowest BCUT2D eigenvalue weighted by atomic mass is 9.52. The summed E-state index contributed by atoms with van der Waals surface area (Å²) in [5.74, 6) is -1.67. The summed E-state index contributed by atoms with van der Waals surface area (Å²) in [5, 5.41) is 33.8. The Labute approximate surface area is 290 Å². The van der Waals surface area contributed by atoms with Crippen molar-refractivity contribution in [1.82, 2.24) is 19.6 Å². The van der Waals surface area contributed by atoms with E-state index in [1.807, 2.05) is 48.5 Å². The standard InChI is InChI=1S/C31H30N6O7S4/c1-26-22(40)36-20-28(14-9-5-7-11-16(14)32-20,18(38)30(36,47-45-26)24(42)34(26)2)29-15-10-6-8-12-17(15)33-21(29)37-23(41)27(13-44-4)35(3)25(43)31(37,19(29)39)48-46-27/h5-12,18-21,32-33,38-39H,13H2,1-4H3/t18?,19?,20-,21-,26-,27-,28?,29?,30-,31-/m0/s1. The molecule has 17 heteroatoms. The molecule has 2 aromatic carbocycles. The number of nitrogens with zero attached hydrogens (tertiary/aromatic N) is 4. The summed E-state index contributed by atoms with van der Waals surface area (Å²) < 4.78 is 5.53. The quantitative estimate of drug-likeness (QED) is 0.333. The molecule has 4 N–H and O–H groups in total. The molecule has 13 nitrogen and oxygen atoms in total. The van der Waals surface area contributed by atoms with Gasteiger partial charge in [0.1, 0.15) is 24.5 Å². The number of carbonyl (C=O) groups is 4. The molecule has 48 heavy (non-hydrogen) atoms. The summed E-state index contributed by atoms with van der Waals surface area (Å²) in [7, 11) is 9.30. The first-order chi connectivity index (χ1) is 22.9. The highest BCUT2D eigenvalue weighted by Crippen LogP contribution is 2.78. The number of fused-ring (bicyclic) bond motifs is 11. The number of anilines is 2. The number of piperazine rings is 2. The van der Waals surface area contributed by atoms with Crippen molar-refractivity contribution in [2.45, 2.75) is 61.8 Å². The maximum absolute atomic E-state index is 15.0. The number of methoxy groups -OCH3 is 1. The number of hydrogen-bond donors (Lipinski definition) is 4. The predicted octanol–water partition coefficient (Wildman–Crippen LogP) is 0.957. The summed E-state index contributed by atoms with van der Waals surface area (Å²) >= 11 is 0. The Morgan fingerprint density at radius 1 is 0.708 bits per heavy atom. The molecule has 0 saturated carbocycles. The number of ether oxygens (including phenoxy) is 1. The molecule has 10 aliphatic heterocycles. The number of likely N-dealkylation sites (N-methyl/N-ethyl adjacent to an activating group) is 2. The second-order valence-electron chi connectivity index (χ2n) is 13.7. The molecule has 12 rings (SSSR count). The number of aliphatic hydroxyl groups is 2. The third-order valence-electron chi connectivity index (χ3n) is 12.3. The number of carbonyl (C=O) groups excluding carboxylic acids is 4. The first-order valence-electron chi connectivity index (χ1n) is 15.4. The molecule has 10 heterocycles. The van der Waals surface area contributed by atoms with Crippen molar-refractivity contribution in [1.29, 1.82) is 0 Å². The van der Waals surface area contributed by atoms with Gasteiger partial charge in [0.05, 0.1) is 17.4 Å². The molecule has 250 valence electrons. The smallest absolute Gasteiger partial charge is 0.265 e. The minimum atomic E-state index is -1.81. The fraction of sp³-hybridized carbons (Fsp3) is 0.484. The van der Waals surface area contributed by atoms with Crippen molar-refractivity contribution in [2.75, 3.05) is 38.4 Å². The van der Waals surface area contributed by atoms with Gasteiger partial charge in [-0.2, -0.15) is 0 Å². The second-order valence-corrected chi connectivity index (χ2v) is 19.1. The van der Waals surface area contributed by atoms with Gasteiger partial charge in [0.15, 0.2) is 4.87 Å². The van der Waals surface area contributed by atoms with Crippen LogP contribution in [0.1, 0.15) is 18.1 Å². The Bertz CT molecular complexity index is 1940. The Kier molecular flexibility index (Phi) is 5.47. The van der Waals surface area contributed by atoms with Gasteiger partial charge in [0, 0.05) is 32.6 Å². The normalized spacial score (nSPS) is 45.5. The lowest BCUT2D eigenvalue weighted by Gasteiger charge is -2.58. The number of hydrogen-bond acceptors (Lipinski definition) is 13. The SMILES string of the molecule is COC[C@@]12SS[C@]3(C(=O)N1C)C(O)C1(C45c6ccccc6N[C@H]4N4C(=O)[C@]6(C)SS[C@]4(C(=O)N6C)C5O)c4ccccc4N[C@H]1N3C2=O. The van der Waals surface area contributed by atoms with E-state index in [9.17, 15) is 29.4 Å². The maximum Gasteiger partial charge on any atom is 0.265 e. The molecular formula is C31H30N6O7S4. The van der Waals surface area contributed by atoms with Gasteiger partial charge >= 0.3 is 0 Å². The van der Waals surface area contributed by atoms with E-state index in [0.717, 1.165) is 21.6 Å². The maximum atomic E-state index is 15.0. The highest BCUT2D eigenvalue weighted by molar-refractivity contribution is 8.78. The van der Waals surface area contributed by atoms with Gasteiger partial charge in [0.25, 0.3) is 23.6 Å². The summed E-state index contributed by atoms with van der Waals surface area (Å²) in [6, 6.07) is 14.7. The first kappa shape index (κ1) is 30.1. The molecule has 8 fully saturated rings. The van der Waals surface area contributed by atoms with Crippen LogP contribution in [0.2, 0.25) is 0 Å². The molecule has 2 spiro atoms. The highest BCUT2D eigenvalue weighted by atomic mass is 33.1. The summed E-state index contributed by atoms with van der Waals surface area (Å²) in [6.07, 6.45) is -5.35. The largest absolute Gasteiger partial charge is 0.388 e. The number of aliphatic hydroxyl groups excluding tert-OH is 2. The van der Waals surface area contributed by atoms with Crippen LogP contribution in [0, 0.1) is 0 Å². The lowest BCUT2D eigenvalue weighted by Crippen LogP contribution is -2.79.